The van der Waals surface area contributed by atoms with E-state index in [2.05, 4.69) is 9.97 Å². The number of nitrogen functional groups attached to an aromatic ring is 2. The van der Waals surface area contributed by atoms with Crippen LogP contribution < -0.4 is 11.5 Å². The molecule has 5 rings (SSSR count). The Bertz CT molecular complexity index is 1490. The van der Waals surface area contributed by atoms with Crippen molar-refractivity contribution in [2.24, 2.45) is 0 Å². The SMILES string of the molecule is Cc1cccc(N)c1N.Cc1cccc2[nH]c(-c3c(F)cccc3F)nc12.O=Cc1c(F)cccc1F. The van der Waals surface area contributed by atoms with Gasteiger partial charge in [-0.05, 0) is 61.4 Å². The molecule has 37 heavy (non-hydrogen) atoms. The molecule has 0 amide bonds. The number of para-hydroxylation sites is 2. The van der Waals surface area contributed by atoms with Crippen LogP contribution >= 0.6 is 0 Å². The number of hydrogen-bond acceptors (Lipinski definition) is 4. The molecule has 5 aromatic rings. The van der Waals surface area contributed by atoms with Gasteiger partial charge in [-0.25, -0.2) is 22.5 Å². The highest BCUT2D eigenvalue weighted by Gasteiger charge is 2.15. The Kier molecular flexibility index (Phi) is 8.63. The third-order valence-corrected chi connectivity index (χ3v) is 5.39. The van der Waals surface area contributed by atoms with Gasteiger partial charge in [0, 0.05) is 0 Å². The maximum atomic E-state index is 13.7. The quantitative estimate of drug-likeness (QED) is 0.140. The van der Waals surface area contributed by atoms with Crippen molar-refractivity contribution in [1.29, 1.82) is 0 Å². The van der Waals surface area contributed by atoms with Crippen LogP contribution in [-0.2, 0) is 0 Å². The number of H-pyrrole nitrogens is 1. The number of carbonyl (C=O) groups excluding carboxylic acids is 1. The number of nitrogens with two attached hydrogens (primary N) is 2. The summed E-state index contributed by atoms with van der Waals surface area (Å²) in [6, 6.07) is 18.3. The van der Waals surface area contributed by atoms with Crippen LogP contribution in [0.5, 0.6) is 0 Å². The fourth-order valence-electron chi connectivity index (χ4n) is 3.34. The lowest BCUT2D eigenvalue weighted by Gasteiger charge is -2.00. The van der Waals surface area contributed by atoms with Gasteiger partial charge in [-0.2, -0.15) is 0 Å². The van der Waals surface area contributed by atoms with E-state index >= 15 is 0 Å². The first kappa shape index (κ1) is 26.9. The first-order valence-corrected chi connectivity index (χ1v) is 11.0. The van der Waals surface area contributed by atoms with E-state index in [9.17, 15) is 22.4 Å². The molecule has 0 bridgehead atoms. The molecule has 0 saturated carbocycles. The standard InChI is InChI=1S/C14H10F2N2.C7H4F2O.C7H10N2/c1-8-4-2-7-11-13(8)18-14(17-11)12-9(15)5-3-6-10(12)16;8-6-2-1-3-7(9)5(6)4-10;1-5-3-2-4-6(8)7(5)9/h2-7H,1H3,(H,17,18);1-4H;2-4H,8-9H2,1H3. The summed E-state index contributed by atoms with van der Waals surface area (Å²) in [4.78, 5) is 17.2. The van der Waals surface area contributed by atoms with Crippen molar-refractivity contribution in [2.45, 2.75) is 13.8 Å². The molecule has 0 aliphatic heterocycles. The molecule has 0 spiro atoms. The lowest BCUT2D eigenvalue weighted by molar-refractivity contribution is 0.111. The number of nitrogens with one attached hydrogen (secondary N) is 1. The number of aryl methyl sites for hydroxylation is 2. The molecule has 5 N–H and O–H groups in total. The molecule has 4 aromatic carbocycles. The van der Waals surface area contributed by atoms with E-state index in [1.54, 1.807) is 6.07 Å². The van der Waals surface area contributed by atoms with Crippen LogP contribution in [0.1, 0.15) is 21.5 Å². The summed E-state index contributed by atoms with van der Waals surface area (Å²) in [5.74, 6) is -2.67. The number of carbonyl (C=O) groups is 1. The van der Waals surface area contributed by atoms with Crippen LogP contribution in [0, 0.1) is 37.1 Å². The van der Waals surface area contributed by atoms with Gasteiger partial charge in [0.2, 0.25) is 0 Å². The molecule has 190 valence electrons. The molecule has 5 nitrogen and oxygen atoms in total. The lowest BCUT2D eigenvalue weighted by atomic mass is 10.2. The van der Waals surface area contributed by atoms with Gasteiger partial charge < -0.3 is 16.5 Å². The van der Waals surface area contributed by atoms with Gasteiger partial charge in [0.1, 0.15) is 29.1 Å². The van der Waals surface area contributed by atoms with Gasteiger partial charge in [-0.3, -0.25) is 4.79 Å². The first-order chi connectivity index (χ1) is 17.6. The normalized spacial score (nSPS) is 10.2. The van der Waals surface area contributed by atoms with Crippen molar-refractivity contribution in [2.75, 3.05) is 11.5 Å². The van der Waals surface area contributed by atoms with Crippen molar-refractivity contribution < 1.29 is 22.4 Å². The zero-order valence-electron chi connectivity index (χ0n) is 20.0. The maximum absolute atomic E-state index is 13.7. The van der Waals surface area contributed by atoms with E-state index in [1.165, 1.54) is 24.3 Å². The van der Waals surface area contributed by atoms with Crippen molar-refractivity contribution in [1.82, 2.24) is 9.97 Å². The van der Waals surface area contributed by atoms with E-state index in [0.717, 1.165) is 34.3 Å². The van der Waals surface area contributed by atoms with E-state index in [1.807, 2.05) is 44.2 Å². The van der Waals surface area contributed by atoms with E-state index in [-0.39, 0.29) is 17.7 Å². The van der Waals surface area contributed by atoms with Gasteiger partial charge >= 0.3 is 0 Å². The van der Waals surface area contributed by atoms with Crippen molar-refractivity contribution in [3.63, 3.8) is 0 Å². The minimum Gasteiger partial charge on any atom is -0.397 e. The predicted molar refractivity (Wildman–Crippen MR) is 138 cm³/mol. The topological polar surface area (TPSA) is 97.8 Å². The third-order valence-electron chi connectivity index (χ3n) is 5.39. The van der Waals surface area contributed by atoms with Crippen LogP contribution in [0.25, 0.3) is 22.4 Å². The average Bonchev–Trinajstić information content (AvgIpc) is 3.29. The number of aldehydes is 1. The Morgan fingerprint density at radius 1 is 0.730 bits per heavy atom. The molecule has 0 saturated heterocycles. The summed E-state index contributed by atoms with van der Waals surface area (Å²) < 4.78 is 52.1. The summed E-state index contributed by atoms with van der Waals surface area (Å²) in [5, 5.41) is 0. The highest BCUT2D eigenvalue weighted by molar-refractivity contribution is 5.82. The average molecular weight is 509 g/mol. The molecule has 9 heteroatoms. The molecule has 1 aromatic heterocycles. The Hall–Kier alpha value is -4.66. The number of hydrogen-bond donors (Lipinski definition) is 3. The van der Waals surface area contributed by atoms with Gasteiger partial charge in [0.15, 0.2) is 6.29 Å². The van der Waals surface area contributed by atoms with Crippen molar-refractivity contribution in [3.8, 4) is 11.4 Å². The van der Waals surface area contributed by atoms with Gasteiger partial charge in [-0.15, -0.1) is 0 Å². The van der Waals surface area contributed by atoms with E-state index < -0.39 is 28.8 Å². The summed E-state index contributed by atoms with van der Waals surface area (Å²) in [7, 11) is 0. The molecule has 1 heterocycles. The number of fused-ring (bicyclic) bond motifs is 1. The lowest BCUT2D eigenvalue weighted by Crippen LogP contribution is -1.95. The molecular weight excluding hydrogens is 484 g/mol. The monoisotopic (exact) mass is 508 g/mol. The molecule has 0 unspecified atom stereocenters. The van der Waals surface area contributed by atoms with Crippen LogP contribution in [0.15, 0.2) is 72.8 Å². The second-order valence-electron chi connectivity index (χ2n) is 7.98. The fourth-order valence-corrected chi connectivity index (χ4v) is 3.34. The molecule has 0 fully saturated rings. The zero-order chi connectivity index (χ0) is 27.1. The number of benzene rings is 4. The van der Waals surface area contributed by atoms with Gasteiger partial charge in [0.05, 0.1) is 33.5 Å². The third kappa shape index (κ3) is 6.32. The minimum absolute atomic E-state index is 0.117. The summed E-state index contributed by atoms with van der Waals surface area (Å²) in [5.41, 5.74) is 15.3. The number of nitrogens with zero attached hydrogens (tertiary/aromatic N) is 1. The van der Waals surface area contributed by atoms with Crippen LogP contribution in [0.2, 0.25) is 0 Å². The Morgan fingerprint density at radius 2 is 1.24 bits per heavy atom. The molecule has 0 aliphatic carbocycles. The van der Waals surface area contributed by atoms with Crippen LogP contribution in [0.4, 0.5) is 28.9 Å². The summed E-state index contributed by atoms with van der Waals surface area (Å²) in [6.07, 6.45) is 0.157. The number of aromatic nitrogens is 2. The van der Waals surface area contributed by atoms with Gasteiger partial charge in [0.25, 0.3) is 0 Å². The predicted octanol–water partition coefficient (Wildman–Crippen LogP) is 6.75. The van der Waals surface area contributed by atoms with Crippen molar-refractivity contribution >= 4 is 28.7 Å². The molecule has 0 aliphatic rings. The maximum Gasteiger partial charge on any atom is 0.155 e. The van der Waals surface area contributed by atoms with E-state index in [4.69, 9.17) is 11.5 Å². The molecule has 0 atom stereocenters. The Morgan fingerprint density at radius 3 is 1.73 bits per heavy atom. The second-order valence-corrected chi connectivity index (χ2v) is 7.98. The van der Waals surface area contributed by atoms with Gasteiger partial charge in [-0.1, -0.05) is 36.4 Å². The zero-order valence-corrected chi connectivity index (χ0v) is 20.0. The second kappa shape index (κ2) is 11.9. The Balaban J connectivity index is 0.000000170. The smallest absolute Gasteiger partial charge is 0.155 e. The van der Waals surface area contributed by atoms with Crippen LogP contribution in [0.3, 0.4) is 0 Å². The fraction of sp³-hybridized carbons (Fsp3) is 0.0714. The number of aromatic amines is 1. The van der Waals surface area contributed by atoms with Crippen LogP contribution in [-0.4, -0.2) is 16.3 Å². The largest absolute Gasteiger partial charge is 0.397 e. The van der Waals surface area contributed by atoms with E-state index in [0.29, 0.717) is 11.4 Å². The summed E-state index contributed by atoms with van der Waals surface area (Å²) in [6.45, 7) is 3.84. The molecule has 0 radical (unpaired) electrons. The van der Waals surface area contributed by atoms with Crippen molar-refractivity contribution in [3.05, 3.63) is 113 Å². The minimum atomic E-state index is -0.824. The highest BCUT2D eigenvalue weighted by Crippen LogP contribution is 2.26. The number of anilines is 2. The Labute approximate surface area is 210 Å². The first-order valence-electron chi connectivity index (χ1n) is 11.0. The molecular formula is C28H24F4N4O. The summed E-state index contributed by atoms with van der Waals surface area (Å²) >= 11 is 0. The number of rotatable bonds is 2. The number of imidazole rings is 1. The highest BCUT2D eigenvalue weighted by atomic mass is 19.1. The number of halogens is 4.